The lowest BCUT2D eigenvalue weighted by Gasteiger charge is -2.16. The minimum absolute atomic E-state index is 0.529. The van der Waals surface area contributed by atoms with Gasteiger partial charge in [-0.1, -0.05) is 5.16 Å². The standard InChI is InChI=1S/C24H26N6O2/c1-11-19(13(3)32-29-11)16-8-17-15(9-18(16)31-5)21-23(25-10-26-24(21)27-17)20-12(2)30(4)28-22(20)14-6-7-14/h8-9,14,26-27H,6-7,10H2,1-5H3. The minimum atomic E-state index is 0.529. The third-order valence-corrected chi connectivity index (χ3v) is 6.71. The molecule has 0 bridgehead atoms. The number of aryl methyl sites for hydroxylation is 3. The summed E-state index contributed by atoms with van der Waals surface area (Å²) < 4.78 is 13.2. The summed E-state index contributed by atoms with van der Waals surface area (Å²) in [6, 6.07) is 4.22. The van der Waals surface area contributed by atoms with E-state index in [2.05, 4.69) is 34.5 Å². The number of H-pyrrole nitrogens is 1. The molecular weight excluding hydrogens is 404 g/mol. The number of ether oxygens (including phenoxy) is 1. The number of hydrogen-bond acceptors (Lipinski definition) is 6. The highest BCUT2D eigenvalue weighted by Gasteiger charge is 2.34. The Kier molecular flexibility index (Phi) is 4.02. The first-order chi connectivity index (χ1) is 15.5. The Morgan fingerprint density at radius 2 is 1.94 bits per heavy atom. The number of methoxy groups -OCH3 is 1. The predicted molar refractivity (Wildman–Crippen MR) is 124 cm³/mol. The van der Waals surface area contributed by atoms with Gasteiger partial charge in [-0.05, 0) is 45.7 Å². The van der Waals surface area contributed by atoms with E-state index in [1.807, 2.05) is 25.6 Å². The molecule has 3 aromatic heterocycles. The van der Waals surface area contributed by atoms with E-state index >= 15 is 0 Å². The topological polar surface area (TPSA) is 93.3 Å². The third kappa shape index (κ3) is 2.65. The van der Waals surface area contributed by atoms with E-state index in [4.69, 9.17) is 19.4 Å². The number of aromatic nitrogens is 4. The molecule has 0 atom stereocenters. The summed E-state index contributed by atoms with van der Waals surface area (Å²) in [7, 11) is 3.72. The van der Waals surface area contributed by atoms with Crippen LogP contribution in [0.4, 0.5) is 5.82 Å². The molecule has 0 amide bonds. The van der Waals surface area contributed by atoms with Gasteiger partial charge in [0, 0.05) is 40.7 Å². The van der Waals surface area contributed by atoms with Crippen molar-refractivity contribution in [1.82, 2.24) is 19.9 Å². The van der Waals surface area contributed by atoms with Gasteiger partial charge in [0.25, 0.3) is 0 Å². The molecule has 1 saturated carbocycles. The van der Waals surface area contributed by atoms with Crippen LogP contribution < -0.4 is 10.1 Å². The molecule has 8 heteroatoms. The molecule has 6 rings (SSSR count). The number of nitrogens with zero attached hydrogens (tertiary/aromatic N) is 4. The van der Waals surface area contributed by atoms with E-state index in [0.29, 0.717) is 12.6 Å². The van der Waals surface area contributed by atoms with E-state index < -0.39 is 0 Å². The highest BCUT2D eigenvalue weighted by molar-refractivity contribution is 6.24. The zero-order valence-corrected chi connectivity index (χ0v) is 19.0. The fraction of sp³-hybridized carbons (Fsp3) is 0.375. The fourth-order valence-electron chi connectivity index (χ4n) is 4.88. The maximum absolute atomic E-state index is 5.83. The molecule has 1 aliphatic heterocycles. The van der Waals surface area contributed by atoms with Crippen molar-refractivity contribution < 1.29 is 9.26 Å². The second-order valence-electron chi connectivity index (χ2n) is 8.76. The van der Waals surface area contributed by atoms with Crippen LogP contribution in [0.2, 0.25) is 0 Å². The van der Waals surface area contributed by atoms with Crippen molar-refractivity contribution in [2.24, 2.45) is 12.0 Å². The van der Waals surface area contributed by atoms with Crippen molar-refractivity contribution in [1.29, 1.82) is 0 Å². The lowest BCUT2D eigenvalue weighted by atomic mass is 9.95. The Hall–Kier alpha value is -3.55. The van der Waals surface area contributed by atoms with Gasteiger partial charge in [-0.15, -0.1) is 0 Å². The highest BCUT2D eigenvalue weighted by atomic mass is 16.5. The predicted octanol–water partition coefficient (Wildman–Crippen LogP) is 4.59. The zero-order chi connectivity index (χ0) is 22.1. The molecule has 164 valence electrons. The van der Waals surface area contributed by atoms with Crippen LogP contribution in [0.15, 0.2) is 21.6 Å². The first-order valence-corrected chi connectivity index (χ1v) is 11.0. The third-order valence-electron chi connectivity index (χ3n) is 6.71. The van der Waals surface area contributed by atoms with Gasteiger partial charge >= 0.3 is 0 Å². The summed E-state index contributed by atoms with van der Waals surface area (Å²) in [6.07, 6.45) is 2.40. The van der Waals surface area contributed by atoms with Crippen LogP contribution >= 0.6 is 0 Å². The normalized spacial score (nSPS) is 15.6. The number of benzene rings is 1. The average Bonchev–Trinajstić information content (AvgIpc) is 3.40. The van der Waals surface area contributed by atoms with Gasteiger partial charge in [0.15, 0.2) is 0 Å². The number of nitrogens with one attached hydrogen (secondary N) is 2. The zero-order valence-electron chi connectivity index (χ0n) is 19.0. The van der Waals surface area contributed by atoms with Crippen molar-refractivity contribution in [2.75, 3.05) is 19.1 Å². The lowest BCUT2D eigenvalue weighted by Crippen LogP contribution is -2.17. The molecule has 0 radical (unpaired) electrons. The highest BCUT2D eigenvalue weighted by Crippen LogP contribution is 2.45. The van der Waals surface area contributed by atoms with Crippen LogP contribution in [0.1, 0.15) is 52.7 Å². The van der Waals surface area contributed by atoms with Crippen molar-refractivity contribution in [3.8, 4) is 16.9 Å². The van der Waals surface area contributed by atoms with Crippen LogP contribution in [-0.4, -0.2) is 39.4 Å². The molecule has 2 aliphatic rings. The van der Waals surface area contributed by atoms with Crippen LogP contribution in [-0.2, 0) is 7.05 Å². The number of anilines is 1. The number of aromatic amines is 1. The van der Waals surface area contributed by atoms with Crippen LogP contribution in [0.25, 0.3) is 22.0 Å². The van der Waals surface area contributed by atoms with Crippen LogP contribution in [0.3, 0.4) is 0 Å². The Morgan fingerprint density at radius 3 is 2.62 bits per heavy atom. The molecule has 8 nitrogen and oxygen atoms in total. The Morgan fingerprint density at radius 1 is 1.12 bits per heavy atom. The van der Waals surface area contributed by atoms with E-state index in [0.717, 1.165) is 62.0 Å². The number of aliphatic imine (C=N–C) groups is 1. The molecule has 4 aromatic rings. The fourth-order valence-corrected chi connectivity index (χ4v) is 4.88. The molecule has 1 aliphatic carbocycles. The van der Waals surface area contributed by atoms with Crippen molar-refractivity contribution >= 4 is 22.4 Å². The van der Waals surface area contributed by atoms with Gasteiger partial charge in [-0.25, -0.2) is 0 Å². The van der Waals surface area contributed by atoms with Crippen molar-refractivity contribution in [3.05, 3.63) is 46.1 Å². The summed E-state index contributed by atoms with van der Waals surface area (Å²) in [5.41, 5.74) is 9.36. The number of hydrogen-bond donors (Lipinski definition) is 2. The second-order valence-corrected chi connectivity index (χ2v) is 8.76. The smallest absolute Gasteiger partial charge is 0.141 e. The molecule has 2 N–H and O–H groups in total. The van der Waals surface area contributed by atoms with Gasteiger partial charge in [0.05, 0.1) is 35.3 Å². The summed E-state index contributed by atoms with van der Waals surface area (Å²) >= 11 is 0. The van der Waals surface area contributed by atoms with Crippen molar-refractivity contribution in [2.45, 2.75) is 39.5 Å². The molecule has 1 aromatic carbocycles. The van der Waals surface area contributed by atoms with Crippen molar-refractivity contribution in [3.63, 3.8) is 0 Å². The Labute approximate surface area is 185 Å². The summed E-state index contributed by atoms with van der Waals surface area (Å²) in [5.74, 6) is 3.07. The molecule has 0 saturated heterocycles. The summed E-state index contributed by atoms with van der Waals surface area (Å²) in [5, 5.41) is 13.5. The minimum Gasteiger partial charge on any atom is -0.496 e. The summed E-state index contributed by atoms with van der Waals surface area (Å²) in [4.78, 5) is 8.50. The number of rotatable bonds is 4. The average molecular weight is 431 g/mol. The van der Waals surface area contributed by atoms with Gasteiger partial charge in [-0.2, -0.15) is 5.10 Å². The molecule has 0 unspecified atom stereocenters. The SMILES string of the molecule is COc1cc2c3c([nH]c2cc1-c1c(C)noc1C)NCN=C3c1c(C2CC2)nn(C)c1C. The summed E-state index contributed by atoms with van der Waals surface area (Å²) in [6.45, 7) is 6.53. The molecule has 1 fully saturated rings. The van der Waals surface area contributed by atoms with Crippen LogP contribution in [0.5, 0.6) is 5.75 Å². The monoisotopic (exact) mass is 430 g/mol. The molecule has 0 spiro atoms. The van der Waals surface area contributed by atoms with E-state index in [-0.39, 0.29) is 0 Å². The molecule has 32 heavy (non-hydrogen) atoms. The maximum atomic E-state index is 5.83. The van der Waals surface area contributed by atoms with E-state index in [1.165, 1.54) is 24.1 Å². The Bertz CT molecular complexity index is 1400. The van der Waals surface area contributed by atoms with Gasteiger partial charge in [-0.3, -0.25) is 9.67 Å². The lowest BCUT2D eigenvalue weighted by molar-refractivity contribution is 0.393. The van der Waals surface area contributed by atoms with Crippen LogP contribution in [0, 0.1) is 20.8 Å². The molecule has 4 heterocycles. The quantitative estimate of drug-likeness (QED) is 0.494. The number of fused-ring (bicyclic) bond motifs is 3. The Balaban J connectivity index is 1.59. The second kappa shape index (κ2) is 6.72. The van der Waals surface area contributed by atoms with Gasteiger partial charge in [0.2, 0.25) is 0 Å². The first-order valence-electron chi connectivity index (χ1n) is 11.0. The van der Waals surface area contributed by atoms with Gasteiger partial charge in [0.1, 0.15) is 24.0 Å². The maximum Gasteiger partial charge on any atom is 0.141 e. The molecular formula is C24H26N6O2. The van der Waals surface area contributed by atoms with Gasteiger partial charge < -0.3 is 19.6 Å². The largest absolute Gasteiger partial charge is 0.496 e. The van der Waals surface area contributed by atoms with E-state index in [9.17, 15) is 0 Å². The van der Waals surface area contributed by atoms with E-state index in [1.54, 1.807) is 7.11 Å². The first kappa shape index (κ1) is 19.2.